The first-order chi connectivity index (χ1) is 13.4. The lowest BCUT2D eigenvalue weighted by Gasteiger charge is -2.15. The van der Waals surface area contributed by atoms with Gasteiger partial charge in [-0.2, -0.15) is 8.42 Å². The fraction of sp³-hybridized carbons (Fsp3) is 0.455. The quantitative estimate of drug-likeness (QED) is 0.328. The Hall–Kier alpha value is -2.05. The Labute approximate surface area is 168 Å². The van der Waals surface area contributed by atoms with Gasteiger partial charge in [0.1, 0.15) is 22.1 Å². The minimum Gasteiger partial charge on any atom is -0.508 e. The van der Waals surface area contributed by atoms with E-state index in [1.54, 1.807) is 24.3 Å². The molecule has 0 aromatic heterocycles. The third-order valence-corrected chi connectivity index (χ3v) is 5.67. The maximum absolute atomic E-state index is 12.0. The van der Waals surface area contributed by atoms with Gasteiger partial charge in [0.05, 0.1) is 0 Å². The lowest BCUT2D eigenvalue weighted by atomic mass is 10.0. The molecule has 0 unspecified atom stereocenters. The standard InChI is InChI=1S/C22H30O5S/c1-2-3-4-5-6-7-8-12-15-19-20(23)16-17-21(22(19)28(24,25)26)27-18-13-10-9-11-14-18/h9-11,13-14,16-17,23H,2-8,12,15H2,1H3,(H,24,25,26). The highest BCUT2D eigenvalue weighted by Crippen LogP contribution is 2.37. The predicted molar refractivity (Wildman–Crippen MR) is 111 cm³/mol. The van der Waals surface area contributed by atoms with Crippen LogP contribution in [0, 0.1) is 0 Å². The van der Waals surface area contributed by atoms with Crippen molar-refractivity contribution in [3.63, 3.8) is 0 Å². The van der Waals surface area contributed by atoms with Crippen LogP contribution in [0.2, 0.25) is 0 Å². The first kappa shape index (κ1) is 22.2. The van der Waals surface area contributed by atoms with Crippen LogP contribution >= 0.6 is 0 Å². The molecule has 0 bridgehead atoms. The molecule has 2 aromatic rings. The molecule has 2 aromatic carbocycles. The molecule has 0 aliphatic rings. The number of rotatable bonds is 12. The zero-order valence-electron chi connectivity index (χ0n) is 16.4. The Morgan fingerprint density at radius 1 is 0.857 bits per heavy atom. The van der Waals surface area contributed by atoms with Crippen LogP contribution in [0.3, 0.4) is 0 Å². The van der Waals surface area contributed by atoms with Crippen molar-refractivity contribution >= 4 is 10.1 Å². The van der Waals surface area contributed by atoms with Crippen molar-refractivity contribution < 1.29 is 22.8 Å². The second-order valence-electron chi connectivity index (χ2n) is 7.01. The SMILES string of the molecule is CCCCCCCCCCc1c(O)ccc(Oc2ccccc2)c1S(=O)(=O)O. The van der Waals surface area contributed by atoms with E-state index in [4.69, 9.17) is 4.74 Å². The molecule has 0 fully saturated rings. The molecular formula is C22H30O5S. The number of para-hydroxylation sites is 1. The summed E-state index contributed by atoms with van der Waals surface area (Å²) in [6, 6.07) is 11.5. The average molecular weight is 407 g/mol. The third kappa shape index (κ3) is 6.84. The number of hydrogen-bond donors (Lipinski definition) is 2. The smallest absolute Gasteiger partial charge is 0.298 e. The maximum atomic E-state index is 12.0. The number of unbranched alkanes of at least 4 members (excludes halogenated alkanes) is 7. The van der Waals surface area contributed by atoms with Gasteiger partial charge in [0.15, 0.2) is 0 Å². The van der Waals surface area contributed by atoms with Crippen molar-refractivity contribution in [3.8, 4) is 17.2 Å². The van der Waals surface area contributed by atoms with E-state index in [1.807, 2.05) is 6.07 Å². The van der Waals surface area contributed by atoms with E-state index >= 15 is 0 Å². The third-order valence-electron chi connectivity index (χ3n) is 4.71. The number of phenols is 1. The van der Waals surface area contributed by atoms with Crippen molar-refractivity contribution in [3.05, 3.63) is 48.0 Å². The molecule has 5 nitrogen and oxygen atoms in total. The molecule has 0 saturated carbocycles. The fourth-order valence-corrected chi connectivity index (χ4v) is 4.13. The second kappa shape index (κ2) is 11.1. The van der Waals surface area contributed by atoms with Gasteiger partial charge in [-0.25, -0.2) is 0 Å². The zero-order valence-corrected chi connectivity index (χ0v) is 17.2. The average Bonchev–Trinajstić information content (AvgIpc) is 2.66. The van der Waals surface area contributed by atoms with Crippen molar-refractivity contribution in [1.82, 2.24) is 0 Å². The Kier molecular flexibility index (Phi) is 8.80. The molecule has 154 valence electrons. The Morgan fingerprint density at radius 3 is 2.07 bits per heavy atom. The van der Waals surface area contributed by atoms with Gasteiger partial charge in [-0.05, 0) is 37.1 Å². The molecule has 0 aliphatic heterocycles. The van der Waals surface area contributed by atoms with Gasteiger partial charge in [0, 0.05) is 5.56 Å². The van der Waals surface area contributed by atoms with Crippen LogP contribution in [-0.4, -0.2) is 18.1 Å². The second-order valence-corrected chi connectivity index (χ2v) is 8.36. The summed E-state index contributed by atoms with van der Waals surface area (Å²) in [5.41, 5.74) is 0.210. The maximum Gasteiger partial charge on any atom is 0.298 e. The van der Waals surface area contributed by atoms with E-state index < -0.39 is 10.1 Å². The first-order valence-electron chi connectivity index (χ1n) is 9.98. The van der Waals surface area contributed by atoms with Crippen LogP contribution < -0.4 is 4.74 Å². The van der Waals surface area contributed by atoms with Gasteiger partial charge in [-0.1, -0.05) is 70.1 Å². The highest BCUT2D eigenvalue weighted by Gasteiger charge is 2.24. The normalized spacial score (nSPS) is 11.5. The van der Waals surface area contributed by atoms with E-state index in [9.17, 15) is 18.1 Å². The summed E-state index contributed by atoms with van der Waals surface area (Å²) >= 11 is 0. The molecule has 0 amide bonds. The molecule has 0 aliphatic carbocycles. The lowest BCUT2D eigenvalue weighted by molar-refractivity contribution is 0.430. The highest BCUT2D eigenvalue weighted by atomic mass is 32.2. The van der Waals surface area contributed by atoms with Crippen LogP contribution in [0.1, 0.15) is 63.9 Å². The molecule has 0 radical (unpaired) electrons. The summed E-state index contributed by atoms with van der Waals surface area (Å²) in [7, 11) is -4.55. The molecule has 0 atom stereocenters. The Morgan fingerprint density at radius 2 is 1.46 bits per heavy atom. The summed E-state index contributed by atoms with van der Waals surface area (Å²) in [4.78, 5) is -0.348. The van der Waals surface area contributed by atoms with E-state index in [2.05, 4.69) is 6.92 Å². The van der Waals surface area contributed by atoms with E-state index in [0.717, 1.165) is 25.7 Å². The predicted octanol–water partition coefficient (Wildman–Crippen LogP) is 6.11. The van der Waals surface area contributed by atoms with Gasteiger partial charge >= 0.3 is 0 Å². The van der Waals surface area contributed by atoms with Gasteiger partial charge in [0.25, 0.3) is 10.1 Å². The Bertz CT molecular complexity index is 832. The fourth-order valence-electron chi connectivity index (χ4n) is 3.25. The number of benzene rings is 2. The minimum atomic E-state index is -4.55. The molecule has 0 spiro atoms. The van der Waals surface area contributed by atoms with E-state index in [0.29, 0.717) is 12.2 Å². The molecule has 0 saturated heterocycles. The molecule has 2 N–H and O–H groups in total. The number of phenolic OH excluding ortho intramolecular Hbond substituents is 1. The van der Waals surface area contributed by atoms with Crippen LogP contribution in [0.15, 0.2) is 47.4 Å². The van der Waals surface area contributed by atoms with Crippen molar-refractivity contribution in [1.29, 1.82) is 0 Å². The van der Waals surface area contributed by atoms with Crippen molar-refractivity contribution in [2.24, 2.45) is 0 Å². The van der Waals surface area contributed by atoms with Gasteiger partial charge in [-0.3, -0.25) is 4.55 Å². The zero-order chi connectivity index (χ0) is 20.4. The summed E-state index contributed by atoms with van der Waals surface area (Å²) < 4.78 is 39.5. The van der Waals surface area contributed by atoms with Crippen LogP contribution in [-0.2, 0) is 16.5 Å². The topological polar surface area (TPSA) is 83.8 Å². The molecule has 6 heteroatoms. The number of ether oxygens (including phenoxy) is 1. The Balaban J connectivity index is 2.09. The summed E-state index contributed by atoms with van der Waals surface area (Å²) in [5, 5.41) is 10.2. The molecular weight excluding hydrogens is 376 g/mol. The first-order valence-corrected chi connectivity index (χ1v) is 11.4. The minimum absolute atomic E-state index is 0.0149. The van der Waals surface area contributed by atoms with Crippen LogP contribution in [0.25, 0.3) is 0 Å². The van der Waals surface area contributed by atoms with Gasteiger partial charge in [0.2, 0.25) is 0 Å². The van der Waals surface area contributed by atoms with Crippen molar-refractivity contribution in [2.45, 2.75) is 69.6 Å². The number of hydrogen-bond acceptors (Lipinski definition) is 4. The van der Waals surface area contributed by atoms with Crippen molar-refractivity contribution in [2.75, 3.05) is 0 Å². The van der Waals surface area contributed by atoms with E-state index in [-0.39, 0.29) is 22.0 Å². The van der Waals surface area contributed by atoms with Crippen LogP contribution in [0.4, 0.5) is 0 Å². The lowest BCUT2D eigenvalue weighted by Crippen LogP contribution is -2.06. The van der Waals surface area contributed by atoms with Gasteiger partial charge < -0.3 is 9.84 Å². The number of aromatic hydroxyl groups is 1. The largest absolute Gasteiger partial charge is 0.508 e. The molecule has 0 heterocycles. The van der Waals surface area contributed by atoms with Gasteiger partial charge in [-0.15, -0.1) is 0 Å². The molecule has 2 rings (SSSR count). The monoisotopic (exact) mass is 406 g/mol. The van der Waals surface area contributed by atoms with Crippen LogP contribution in [0.5, 0.6) is 17.2 Å². The molecule has 28 heavy (non-hydrogen) atoms. The summed E-state index contributed by atoms with van der Waals surface area (Å²) in [5.74, 6) is 0.327. The summed E-state index contributed by atoms with van der Waals surface area (Å²) in [6.45, 7) is 2.19. The summed E-state index contributed by atoms with van der Waals surface area (Å²) in [6.07, 6.45) is 9.23. The highest BCUT2D eigenvalue weighted by molar-refractivity contribution is 7.86. The van der Waals surface area contributed by atoms with E-state index in [1.165, 1.54) is 37.8 Å².